The van der Waals surface area contributed by atoms with Crippen molar-refractivity contribution in [1.29, 1.82) is 0 Å². The molecule has 2 aromatic rings. The van der Waals surface area contributed by atoms with E-state index >= 15 is 0 Å². The second kappa shape index (κ2) is 7.57. The predicted molar refractivity (Wildman–Crippen MR) is 95.7 cm³/mol. The fraction of sp³-hybridized carbons (Fsp3) is 0.278. The van der Waals surface area contributed by atoms with Crippen molar-refractivity contribution in [2.45, 2.75) is 25.7 Å². The number of anilines is 1. The molecular formula is C18H21NO5S. The Morgan fingerprint density at radius 2 is 1.64 bits per heavy atom. The summed E-state index contributed by atoms with van der Waals surface area (Å²) in [6.45, 7) is 5.44. The highest BCUT2D eigenvalue weighted by Gasteiger charge is 2.21. The summed E-state index contributed by atoms with van der Waals surface area (Å²) < 4.78 is 38.0. The minimum absolute atomic E-state index is 0.211. The third kappa shape index (κ3) is 4.30. The normalized spacial score (nSPS) is 11.0. The Bertz CT molecular complexity index is 850. The van der Waals surface area contributed by atoms with Gasteiger partial charge in [-0.1, -0.05) is 0 Å². The molecule has 6 nitrogen and oxygen atoms in total. The third-order valence-corrected chi connectivity index (χ3v) is 5.27. The Labute approximate surface area is 147 Å². The minimum Gasteiger partial charge on any atom is -0.497 e. The molecule has 0 unspecified atom stereocenters. The van der Waals surface area contributed by atoms with Crippen LogP contribution in [0, 0.1) is 13.8 Å². The van der Waals surface area contributed by atoms with Crippen molar-refractivity contribution in [3.05, 3.63) is 53.1 Å². The first-order chi connectivity index (χ1) is 11.8. The Kier molecular flexibility index (Phi) is 5.69. The van der Waals surface area contributed by atoms with Gasteiger partial charge < -0.3 is 9.47 Å². The Balaban J connectivity index is 2.29. The molecule has 1 N–H and O–H groups in total. The maximum Gasteiger partial charge on any atom is 0.338 e. The van der Waals surface area contributed by atoms with Crippen LogP contribution in [0.1, 0.15) is 28.4 Å². The van der Waals surface area contributed by atoms with Crippen molar-refractivity contribution >= 4 is 21.7 Å². The summed E-state index contributed by atoms with van der Waals surface area (Å²) in [7, 11) is -2.23. The molecule has 0 saturated carbocycles. The summed E-state index contributed by atoms with van der Waals surface area (Å²) in [6.07, 6.45) is 0. The van der Waals surface area contributed by atoms with E-state index in [0.29, 0.717) is 28.1 Å². The van der Waals surface area contributed by atoms with Gasteiger partial charge in [0.05, 0.1) is 24.2 Å². The molecule has 0 bridgehead atoms. The van der Waals surface area contributed by atoms with E-state index in [1.54, 1.807) is 32.9 Å². The second-order valence-electron chi connectivity index (χ2n) is 5.49. The molecule has 0 amide bonds. The highest BCUT2D eigenvalue weighted by molar-refractivity contribution is 7.92. The van der Waals surface area contributed by atoms with E-state index in [-0.39, 0.29) is 11.5 Å². The molecule has 0 heterocycles. The van der Waals surface area contributed by atoms with Crippen molar-refractivity contribution in [2.75, 3.05) is 18.4 Å². The van der Waals surface area contributed by atoms with Crippen LogP contribution in [0.4, 0.5) is 5.69 Å². The van der Waals surface area contributed by atoms with Crippen molar-refractivity contribution in [3.63, 3.8) is 0 Å². The number of sulfonamides is 1. The van der Waals surface area contributed by atoms with E-state index < -0.39 is 16.0 Å². The molecule has 0 aliphatic heterocycles. The first kappa shape index (κ1) is 18.8. The van der Waals surface area contributed by atoms with Gasteiger partial charge in [0.15, 0.2) is 0 Å². The number of rotatable bonds is 6. The largest absolute Gasteiger partial charge is 0.497 e. The number of hydrogen-bond donors (Lipinski definition) is 1. The second-order valence-corrected chi connectivity index (χ2v) is 7.11. The average molecular weight is 363 g/mol. The highest BCUT2D eigenvalue weighted by atomic mass is 32.2. The Morgan fingerprint density at radius 1 is 1.08 bits per heavy atom. The van der Waals surface area contributed by atoms with Gasteiger partial charge in [0.2, 0.25) is 0 Å². The van der Waals surface area contributed by atoms with E-state index in [1.165, 1.54) is 31.4 Å². The maximum atomic E-state index is 12.7. The molecule has 0 spiro atoms. The van der Waals surface area contributed by atoms with Crippen LogP contribution in [0.5, 0.6) is 5.75 Å². The molecule has 0 atom stereocenters. The van der Waals surface area contributed by atoms with Crippen LogP contribution < -0.4 is 9.46 Å². The molecule has 7 heteroatoms. The number of methoxy groups -OCH3 is 1. The molecule has 0 fully saturated rings. The molecule has 0 aliphatic carbocycles. The van der Waals surface area contributed by atoms with Crippen molar-refractivity contribution in [3.8, 4) is 5.75 Å². The van der Waals surface area contributed by atoms with Crippen LogP contribution in [0.2, 0.25) is 0 Å². The van der Waals surface area contributed by atoms with E-state index in [9.17, 15) is 13.2 Å². The molecule has 0 aliphatic rings. The number of nitrogens with one attached hydrogen (secondary N) is 1. The lowest BCUT2D eigenvalue weighted by Gasteiger charge is -2.14. The van der Waals surface area contributed by atoms with Crippen LogP contribution in [0.25, 0.3) is 0 Å². The van der Waals surface area contributed by atoms with E-state index in [4.69, 9.17) is 9.47 Å². The van der Waals surface area contributed by atoms with Gasteiger partial charge in [-0.25, -0.2) is 13.2 Å². The van der Waals surface area contributed by atoms with Crippen molar-refractivity contribution in [1.82, 2.24) is 0 Å². The Morgan fingerprint density at radius 3 is 2.12 bits per heavy atom. The third-order valence-electron chi connectivity index (χ3n) is 3.59. The smallest absolute Gasteiger partial charge is 0.338 e. The summed E-state index contributed by atoms with van der Waals surface area (Å²) in [5.41, 5.74) is 1.91. The number of aryl methyl sites for hydroxylation is 2. The first-order valence-corrected chi connectivity index (χ1v) is 9.22. The lowest BCUT2D eigenvalue weighted by molar-refractivity contribution is 0.0526. The van der Waals surface area contributed by atoms with Gasteiger partial charge in [0.1, 0.15) is 5.75 Å². The quantitative estimate of drug-likeness (QED) is 0.797. The van der Waals surface area contributed by atoms with Gasteiger partial charge in [-0.15, -0.1) is 0 Å². The van der Waals surface area contributed by atoms with Crippen LogP contribution in [-0.2, 0) is 14.8 Å². The van der Waals surface area contributed by atoms with E-state index in [0.717, 1.165) is 0 Å². The lowest BCUT2D eigenvalue weighted by atomic mass is 10.1. The molecular weight excluding hydrogens is 342 g/mol. The number of carbonyl (C=O) groups excluding carboxylic acids is 1. The van der Waals surface area contributed by atoms with Gasteiger partial charge in [-0.2, -0.15) is 0 Å². The minimum atomic E-state index is -3.76. The fourth-order valence-corrected chi connectivity index (χ4v) is 4.06. The molecule has 0 saturated heterocycles. The van der Waals surface area contributed by atoms with Crippen LogP contribution in [0.15, 0.2) is 41.3 Å². The standard InChI is InChI=1S/C18H21NO5S/c1-5-24-18(20)14-6-8-15(9-7-14)19-25(21,22)17-12(2)10-16(23-4)11-13(17)3/h6-11,19H,5H2,1-4H3. The van der Waals surface area contributed by atoms with Crippen molar-refractivity contribution in [2.24, 2.45) is 0 Å². The van der Waals surface area contributed by atoms with E-state index in [1.807, 2.05) is 0 Å². The Hall–Kier alpha value is -2.54. The maximum absolute atomic E-state index is 12.7. The topological polar surface area (TPSA) is 81.7 Å². The zero-order valence-electron chi connectivity index (χ0n) is 14.6. The lowest BCUT2D eigenvalue weighted by Crippen LogP contribution is -2.16. The number of benzene rings is 2. The number of esters is 1. The van der Waals surface area contributed by atoms with Gasteiger partial charge in [-0.3, -0.25) is 4.72 Å². The van der Waals surface area contributed by atoms with Gasteiger partial charge in [0.25, 0.3) is 10.0 Å². The van der Waals surface area contributed by atoms with Gasteiger partial charge in [-0.05, 0) is 68.3 Å². The monoisotopic (exact) mass is 363 g/mol. The van der Waals surface area contributed by atoms with Crippen LogP contribution in [-0.4, -0.2) is 28.1 Å². The average Bonchev–Trinajstić information content (AvgIpc) is 2.54. The predicted octanol–water partition coefficient (Wildman–Crippen LogP) is 3.29. The number of ether oxygens (including phenoxy) is 2. The molecule has 0 aromatic heterocycles. The summed E-state index contributed by atoms with van der Waals surface area (Å²) in [5.74, 6) is 0.159. The van der Waals surface area contributed by atoms with Crippen molar-refractivity contribution < 1.29 is 22.7 Å². The SMILES string of the molecule is CCOC(=O)c1ccc(NS(=O)(=O)c2c(C)cc(OC)cc2C)cc1. The summed E-state index contributed by atoms with van der Waals surface area (Å²) in [6, 6.07) is 9.43. The van der Waals surface area contributed by atoms with Gasteiger partial charge >= 0.3 is 5.97 Å². The number of carbonyl (C=O) groups is 1. The summed E-state index contributed by atoms with van der Waals surface area (Å²) in [5, 5.41) is 0. The zero-order valence-corrected chi connectivity index (χ0v) is 15.4. The van der Waals surface area contributed by atoms with Gasteiger partial charge in [0, 0.05) is 5.69 Å². The summed E-state index contributed by atoms with van der Waals surface area (Å²) >= 11 is 0. The molecule has 0 radical (unpaired) electrons. The van der Waals surface area contributed by atoms with E-state index in [2.05, 4.69) is 4.72 Å². The zero-order chi connectivity index (χ0) is 18.6. The number of hydrogen-bond acceptors (Lipinski definition) is 5. The van der Waals surface area contributed by atoms with Crippen LogP contribution in [0.3, 0.4) is 0 Å². The molecule has 134 valence electrons. The molecule has 25 heavy (non-hydrogen) atoms. The highest BCUT2D eigenvalue weighted by Crippen LogP contribution is 2.27. The first-order valence-electron chi connectivity index (χ1n) is 7.73. The molecule has 2 rings (SSSR count). The fourth-order valence-electron chi connectivity index (χ4n) is 2.55. The summed E-state index contributed by atoms with van der Waals surface area (Å²) in [4.78, 5) is 11.9. The van der Waals surface area contributed by atoms with Crippen LogP contribution >= 0.6 is 0 Å². The molecule has 2 aromatic carbocycles.